The van der Waals surface area contributed by atoms with E-state index in [1.807, 2.05) is 6.20 Å². The normalized spacial score (nSPS) is 15.2. The molecule has 0 aliphatic heterocycles. The number of thiazole rings is 1. The minimum Gasteiger partial charge on any atom is -0.507 e. The summed E-state index contributed by atoms with van der Waals surface area (Å²) in [7, 11) is 0. The van der Waals surface area contributed by atoms with E-state index in [-0.39, 0.29) is 31.9 Å². The first-order valence-electron chi connectivity index (χ1n) is 19.7. The zero-order chi connectivity index (χ0) is 38.4. The average molecular weight is 937 g/mol. The Kier molecular flexibility index (Phi) is 9.61. The van der Waals surface area contributed by atoms with Crippen LogP contribution in [0.15, 0.2) is 95.5 Å². The number of nitrogens with zero attached hydrogens (tertiary/aromatic N) is 2. The van der Waals surface area contributed by atoms with Crippen molar-refractivity contribution >= 4 is 54.3 Å². The number of phenolic OH excluding ortho intramolecular Hbond substituents is 1. The van der Waals surface area contributed by atoms with Gasteiger partial charge in [-0.2, -0.15) is 0 Å². The van der Waals surface area contributed by atoms with Gasteiger partial charge < -0.3 is 9.52 Å². The standard InChI is InChI=1S/C50H49N2O2S.Pt/c1-48(2,3)33-27-39(44(53)40(28-33)49(4,5)6)47-52-43-35(14-11-15-42(43)55-47)37-24-32(41-26-31(20-23-51-41)29-18-21-50(7,8)22-19-29)25-38-36-17-16-30-12-9-10-13-34(30)45(36)54-46(37)38;/h9-17,20,23,25-29,53H,18-19,21-22H2,1-8H3;/q-1;. The molecule has 288 valence electrons. The smallest absolute Gasteiger partial charge is 0.131 e. The topological polar surface area (TPSA) is 59.2 Å². The molecule has 1 N–H and O–H groups in total. The predicted molar refractivity (Wildman–Crippen MR) is 231 cm³/mol. The summed E-state index contributed by atoms with van der Waals surface area (Å²) in [5.41, 5.74) is 10.5. The number of benzene rings is 5. The third kappa shape index (κ3) is 6.79. The second kappa shape index (κ2) is 14.0. The maximum atomic E-state index is 11.8. The third-order valence-corrected chi connectivity index (χ3v) is 13.0. The Balaban J connectivity index is 0.00000441. The number of fused-ring (bicyclic) bond motifs is 6. The predicted octanol–water partition coefficient (Wildman–Crippen LogP) is 14.5. The maximum absolute atomic E-state index is 11.8. The van der Waals surface area contributed by atoms with E-state index in [9.17, 15) is 5.11 Å². The molecular weight excluding hydrogens is 888 g/mol. The van der Waals surface area contributed by atoms with Gasteiger partial charge in [0.15, 0.2) is 0 Å². The Morgan fingerprint density at radius 3 is 2.30 bits per heavy atom. The van der Waals surface area contributed by atoms with Gasteiger partial charge in [-0.1, -0.05) is 133 Å². The Hall–Kier alpha value is -4.31. The van der Waals surface area contributed by atoms with Crippen molar-refractivity contribution in [3.8, 4) is 38.7 Å². The van der Waals surface area contributed by atoms with Crippen LogP contribution in [-0.4, -0.2) is 15.1 Å². The van der Waals surface area contributed by atoms with Crippen LogP contribution in [0, 0.1) is 11.5 Å². The maximum Gasteiger partial charge on any atom is 0.131 e. The Labute approximate surface area is 348 Å². The van der Waals surface area contributed by atoms with Gasteiger partial charge in [0.25, 0.3) is 0 Å². The number of phenols is 1. The summed E-state index contributed by atoms with van der Waals surface area (Å²) in [6, 6.07) is 34.0. The molecule has 0 amide bonds. The van der Waals surface area contributed by atoms with E-state index in [2.05, 4.69) is 146 Å². The van der Waals surface area contributed by atoms with Crippen LogP contribution in [0.4, 0.5) is 0 Å². The van der Waals surface area contributed by atoms with E-state index < -0.39 is 0 Å². The van der Waals surface area contributed by atoms with Crippen molar-refractivity contribution in [3.05, 3.63) is 114 Å². The van der Waals surface area contributed by atoms with E-state index in [1.165, 1.54) is 36.8 Å². The van der Waals surface area contributed by atoms with Crippen LogP contribution in [0.2, 0.25) is 0 Å². The van der Waals surface area contributed by atoms with Crippen molar-refractivity contribution < 1.29 is 30.6 Å². The zero-order valence-electron chi connectivity index (χ0n) is 33.5. The largest absolute Gasteiger partial charge is 0.507 e. The summed E-state index contributed by atoms with van der Waals surface area (Å²) in [5, 5.41) is 17.0. The fraction of sp³-hybridized carbons (Fsp3) is 0.320. The molecule has 0 radical (unpaired) electrons. The fourth-order valence-electron chi connectivity index (χ4n) is 8.52. The van der Waals surface area contributed by atoms with Crippen molar-refractivity contribution in [3.63, 3.8) is 0 Å². The second-order valence-electron chi connectivity index (χ2n) is 18.6. The molecule has 0 unspecified atom stereocenters. The number of hydrogen-bond acceptors (Lipinski definition) is 5. The molecule has 1 aliphatic rings. The van der Waals surface area contributed by atoms with Crippen molar-refractivity contribution in [1.29, 1.82) is 0 Å². The molecule has 0 spiro atoms. The number of hydrogen-bond donors (Lipinski definition) is 1. The Morgan fingerprint density at radius 2 is 1.55 bits per heavy atom. The first-order chi connectivity index (χ1) is 26.1. The van der Waals surface area contributed by atoms with E-state index in [1.54, 1.807) is 11.3 Å². The third-order valence-electron chi connectivity index (χ3n) is 12.0. The second-order valence-corrected chi connectivity index (χ2v) is 19.6. The number of aromatic hydroxyl groups is 1. The summed E-state index contributed by atoms with van der Waals surface area (Å²) in [6.07, 6.45) is 6.84. The van der Waals surface area contributed by atoms with Gasteiger partial charge in [-0.05, 0) is 87.9 Å². The molecule has 1 aliphatic carbocycles. The number of pyridine rings is 1. The number of rotatable bonds is 4. The molecule has 56 heavy (non-hydrogen) atoms. The molecule has 6 heteroatoms. The van der Waals surface area contributed by atoms with E-state index >= 15 is 0 Å². The van der Waals surface area contributed by atoms with E-state index in [0.29, 0.717) is 17.1 Å². The summed E-state index contributed by atoms with van der Waals surface area (Å²) in [6.45, 7) is 17.9. The summed E-state index contributed by atoms with van der Waals surface area (Å²) >= 11 is 1.61. The average Bonchev–Trinajstić information content (AvgIpc) is 3.76. The molecule has 0 saturated heterocycles. The molecule has 1 fully saturated rings. The van der Waals surface area contributed by atoms with Gasteiger partial charge in [0.1, 0.15) is 16.3 Å². The number of para-hydroxylation sites is 1. The van der Waals surface area contributed by atoms with Crippen LogP contribution in [0.1, 0.15) is 104 Å². The van der Waals surface area contributed by atoms with Gasteiger partial charge >= 0.3 is 0 Å². The quantitative estimate of drug-likeness (QED) is 0.179. The molecule has 4 nitrogen and oxygen atoms in total. The number of furan rings is 1. The molecule has 5 aromatic carbocycles. The van der Waals surface area contributed by atoms with E-state index in [0.717, 1.165) is 81.4 Å². The van der Waals surface area contributed by atoms with Gasteiger partial charge in [-0.15, -0.1) is 23.5 Å². The van der Waals surface area contributed by atoms with Crippen LogP contribution in [-0.2, 0) is 31.9 Å². The Morgan fingerprint density at radius 1 is 0.786 bits per heavy atom. The molecule has 1 saturated carbocycles. The molecule has 3 heterocycles. The minimum atomic E-state index is -0.243. The molecule has 9 rings (SSSR count). The van der Waals surface area contributed by atoms with Gasteiger partial charge in [0.2, 0.25) is 0 Å². The van der Waals surface area contributed by atoms with Crippen molar-refractivity contribution in [2.75, 3.05) is 0 Å². The van der Waals surface area contributed by atoms with Gasteiger partial charge in [0.05, 0.1) is 16.7 Å². The Bertz CT molecular complexity index is 2790. The molecule has 8 aromatic rings. The van der Waals surface area contributed by atoms with Gasteiger partial charge in [-0.25, -0.2) is 4.98 Å². The molecule has 0 atom stereocenters. The van der Waals surface area contributed by atoms with Crippen LogP contribution >= 0.6 is 11.3 Å². The monoisotopic (exact) mass is 936 g/mol. The summed E-state index contributed by atoms with van der Waals surface area (Å²) < 4.78 is 7.97. The van der Waals surface area contributed by atoms with Crippen LogP contribution in [0.3, 0.4) is 0 Å². The van der Waals surface area contributed by atoms with Crippen LogP contribution in [0.5, 0.6) is 5.75 Å². The van der Waals surface area contributed by atoms with Gasteiger partial charge in [-0.3, -0.25) is 4.98 Å². The van der Waals surface area contributed by atoms with Crippen molar-refractivity contribution in [2.24, 2.45) is 5.41 Å². The SMILES string of the molecule is CC1(C)CCC(c2ccnc(-c3[c-]c(-c4cccc5sc(-c6cc(C(C)(C)C)cc(C(C)(C)C)c6O)nc45)c4oc5c6ccccc6ccc5c4c3)c2)CC1.[Pt]. The van der Waals surface area contributed by atoms with E-state index in [4.69, 9.17) is 14.4 Å². The minimum absolute atomic E-state index is 0. The van der Waals surface area contributed by atoms with Crippen molar-refractivity contribution in [1.82, 2.24) is 9.97 Å². The first kappa shape index (κ1) is 38.6. The summed E-state index contributed by atoms with van der Waals surface area (Å²) in [5.74, 6) is 0.835. The number of aromatic nitrogens is 2. The first-order valence-corrected chi connectivity index (χ1v) is 20.5. The molecular formula is C50H49N2O2PtS-. The fourth-order valence-corrected chi connectivity index (χ4v) is 9.53. The molecule has 0 bridgehead atoms. The molecule has 3 aromatic heterocycles. The summed E-state index contributed by atoms with van der Waals surface area (Å²) in [4.78, 5) is 10.3. The zero-order valence-corrected chi connectivity index (χ0v) is 36.6. The van der Waals surface area contributed by atoms with Crippen molar-refractivity contribution in [2.45, 2.75) is 97.8 Å². The van der Waals surface area contributed by atoms with Crippen LogP contribution in [0.25, 0.3) is 75.9 Å². The van der Waals surface area contributed by atoms with Crippen LogP contribution < -0.4 is 0 Å². The van der Waals surface area contributed by atoms with Gasteiger partial charge in [0, 0.05) is 54.0 Å².